The fourth-order valence-electron chi connectivity index (χ4n) is 3.05. The Morgan fingerprint density at radius 3 is 2.68 bits per heavy atom. The molecule has 0 aliphatic carbocycles. The maximum absolute atomic E-state index is 13.0. The van der Waals surface area contributed by atoms with Crippen LogP contribution in [0.3, 0.4) is 0 Å². The van der Waals surface area contributed by atoms with Gasteiger partial charge in [0.05, 0.1) is 0 Å². The maximum Gasteiger partial charge on any atom is 0.289 e. The largest absolute Gasteiger partial charge is 0.453 e. The molecule has 0 spiro atoms. The van der Waals surface area contributed by atoms with Crippen molar-refractivity contribution >= 4 is 5.91 Å². The van der Waals surface area contributed by atoms with Gasteiger partial charge in [0.15, 0.2) is 5.76 Å². The molecule has 5 nitrogen and oxygen atoms in total. The van der Waals surface area contributed by atoms with Crippen LogP contribution in [-0.2, 0) is 17.9 Å². The smallest absolute Gasteiger partial charge is 0.289 e. The molecule has 6 heteroatoms. The van der Waals surface area contributed by atoms with Crippen molar-refractivity contribution < 1.29 is 18.3 Å². The first-order chi connectivity index (χ1) is 12.2. The lowest BCUT2D eigenvalue weighted by Gasteiger charge is -2.21. The van der Waals surface area contributed by atoms with Crippen LogP contribution in [0.1, 0.15) is 28.3 Å². The van der Waals surface area contributed by atoms with Crippen LogP contribution in [0.5, 0.6) is 0 Å². The zero-order valence-corrected chi connectivity index (χ0v) is 14.4. The summed E-state index contributed by atoms with van der Waals surface area (Å²) in [6.07, 6.45) is 0.901. The van der Waals surface area contributed by atoms with Crippen molar-refractivity contribution in [2.45, 2.75) is 19.6 Å². The molecule has 2 aromatic rings. The zero-order valence-electron chi connectivity index (χ0n) is 14.4. The minimum Gasteiger partial charge on any atom is -0.453 e. The first kappa shape index (κ1) is 17.6. The minimum atomic E-state index is -0.220. The van der Waals surface area contributed by atoms with Crippen molar-refractivity contribution in [3.8, 4) is 0 Å². The van der Waals surface area contributed by atoms with E-state index in [2.05, 4.69) is 4.90 Å². The molecular formula is C19H23FN2O3. The lowest BCUT2D eigenvalue weighted by Crippen LogP contribution is -2.34. The first-order valence-electron chi connectivity index (χ1n) is 8.49. The molecule has 1 aromatic heterocycles. The summed E-state index contributed by atoms with van der Waals surface area (Å²) in [6.45, 7) is 4.18. The van der Waals surface area contributed by atoms with Crippen LogP contribution in [-0.4, -0.2) is 49.0 Å². The molecule has 2 heterocycles. The fraction of sp³-hybridized carbons (Fsp3) is 0.421. The molecule has 25 heavy (non-hydrogen) atoms. The second-order valence-electron chi connectivity index (χ2n) is 6.25. The third-order valence-electron chi connectivity index (χ3n) is 4.35. The van der Waals surface area contributed by atoms with Crippen molar-refractivity contribution in [1.29, 1.82) is 0 Å². The third-order valence-corrected chi connectivity index (χ3v) is 4.35. The van der Waals surface area contributed by atoms with E-state index in [1.54, 1.807) is 19.2 Å². The number of halogens is 1. The van der Waals surface area contributed by atoms with Gasteiger partial charge in [0, 0.05) is 39.8 Å². The summed E-state index contributed by atoms with van der Waals surface area (Å²) in [5, 5.41) is 0. The standard InChI is InChI=1S/C19H23FN2O3/c1-24-14-17-7-8-18(25-17)19(23)22-10-2-9-21(11-12-22)13-15-3-5-16(20)6-4-15/h3-8H,2,9-14H2,1H3. The molecular weight excluding hydrogens is 323 g/mol. The number of hydrogen-bond donors (Lipinski definition) is 0. The number of rotatable bonds is 5. The van der Waals surface area contributed by atoms with Gasteiger partial charge in [-0.2, -0.15) is 0 Å². The summed E-state index contributed by atoms with van der Waals surface area (Å²) in [6, 6.07) is 10.1. The van der Waals surface area contributed by atoms with Crippen molar-refractivity contribution in [1.82, 2.24) is 9.80 Å². The van der Waals surface area contributed by atoms with Crippen LogP contribution in [0, 0.1) is 5.82 Å². The van der Waals surface area contributed by atoms with E-state index in [1.807, 2.05) is 17.0 Å². The fourth-order valence-corrected chi connectivity index (χ4v) is 3.05. The Hall–Kier alpha value is -2.18. The molecule has 1 aliphatic rings. The van der Waals surface area contributed by atoms with E-state index in [4.69, 9.17) is 9.15 Å². The predicted octanol–water partition coefficient (Wildman–Crippen LogP) is 2.91. The molecule has 1 aliphatic heterocycles. The van der Waals surface area contributed by atoms with Gasteiger partial charge in [-0.3, -0.25) is 9.69 Å². The Morgan fingerprint density at radius 1 is 1.12 bits per heavy atom. The number of carbonyl (C=O) groups excluding carboxylic acids is 1. The van der Waals surface area contributed by atoms with Crippen molar-refractivity contribution in [2.75, 3.05) is 33.3 Å². The molecule has 0 bridgehead atoms. The number of benzene rings is 1. The summed E-state index contributed by atoms with van der Waals surface area (Å²) in [7, 11) is 1.59. The summed E-state index contributed by atoms with van der Waals surface area (Å²) in [4.78, 5) is 16.7. The van der Waals surface area contributed by atoms with Crippen molar-refractivity contribution in [2.24, 2.45) is 0 Å². The van der Waals surface area contributed by atoms with Gasteiger partial charge in [0.25, 0.3) is 5.91 Å². The Kier molecular flexibility index (Phi) is 5.83. The lowest BCUT2D eigenvalue weighted by molar-refractivity contribution is 0.0721. The number of hydrogen-bond acceptors (Lipinski definition) is 4. The highest BCUT2D eigenvalue weighted by Crippen LogP contribution is 2.15. The van der Waals surface area contributed by atoms with Crippen LogP contribution in [0.15, 0.2) is 40.8 Å². The number of amides is 1. The second-order valence-corrected chi connectivity index (χ2v) is 6.25. The molecule has 1 fully saturated rings. The van der Waals surface area contributed by atoms with Gasteiger partial charge >= 0.3 is 0 Å². The zero-order chi connectivity index (χ0) is 17.6. The highest BCUT2D eigenvalue weighted by Gasteiger charge is 2.22. The van der Waals surface area contributed by atoms with E-state index in [0.29, 0.717) is 31.2 Å². The molecule has 0 N–H and O–H groups in total. The predicted molar refractivity (Wildman–Crippen MR) is 91.6 cm³/mol. The summed E-state index contributed by atoms with van der Waals surface area (Å²) in [5.74, 6) is 0.714. The molecule has 1 amide bonds. The van der Waals surface area contributed by atoms with Gasteiger partial charge in [-0.15, -0.1) is 0 Å². The number of carbonyl (C=O) groups is 1. The van der Waals surface area contributed by atoms with Crippen molar-refractivity contribution in [3.05, 3.63) is 59.3 Å². The molecule has 0 radical (unpaired) electrons. The van der Waals surface area contributed by atoms with Gasteiger partial charge in [0.1, 0.15) is 18.2 Å². The van der Waals surface area contributed by atoms with Gasteiger partial charge in [-0.1, -0.05) is 12.1 Å². The van der Waals surface area contributed by atoms with Crippen LogP contribution in [0.4, 0.5) is 4.39 Å². The van der Waals surface area contributed by atoms with Gasteiger partial charge < -0.3 is 14.1 Å². The van der Waals surface area contributed by atoms with Crippen LogP contribution < -0.4 is 0 Å². The van der Waals surface area contributed by atoms with E-state index in [9.17, 15) is 9.18 Å². The normalized spacial score (nSPS) is 16.0. The van der Waals surface area contributed by atoms with Crippen LogP contribution in [0.2, 0.25) is 0 Å². The Balaban J connectivity index is 1.56. The molecule has 134 valence electrons. The van der Waals surface area contributed by atoms with Gasteiger partial charge in [-0.05, 0) is 36.2 Å². The Bertz CT molecular complexity index is 699. The van der Waals surface area contributed by atoms with Crippen LogP contribution in [0.25, 0.3) is 0 Å². The highest BCUT2D eigenvalue weighted by molar-refractivity contribution is 5.91. The van der Waals surface area contributed by atoms with E-state index >= 15 is 0 Å². The van der Waals surface area contributed by atoms with E-state index in [-0.39, 0.29) is 11.7 Å². The minimum absolute atomic E-state index is 0.0778. The molecule has 3 rings (SSSR count). The number of furan rings is 1. The molecule has 0 unspecified atom stereocenters. The Labute approximate surface area is 147 Å². The summed E-state index contributed by atoms with van der Waals surface area (Å²) in [5.41, 5.74) is 1.08. The summed E-state index contributed by atoms with van der Waals surface area (Å²) >= 11 is 0. The molecule has 1 saturated heterocycles. The summed E-state index contributed by atoms with van der Waals surface area (Å²) < 4.78 is 23.6. The average molecular weight is 346 g/mol. The monoisotopic (exact) mass is 346 g/mol. The molecule has 1 aromatic carbocycles. The number of methoxy groups -OCH3 is 1. The lowest BCUT2D eigenvalue weighted by atomic mass is 10.2. The maximum atomic E-state index is 13.0. The number of ether oxygens (including phenoxy) is 1. The van der Waals surface area contributed by atoms with Crippen molar-refractivity contribution in [3.63, 3.8) is 0 Å². The van der Waals surface area contributed by atoms with Crippen LogP contribution >= 0.6 is 0 Å². The second kappa shape index (κ2) is 8.27. The highest BCUT2D eigenvalue weighted by atomic mass is 19.1. The van der Waals surface area contributed by atoms with E-state index in [1.165, 1.54) is 12.1 Å². The van der Waals surface area contributed by atoms with E-state index in [0.717, 1.165) is 31.6 Å². The first-order valence-corrected chi connectivity index (χ1v) is 8.49. The third kappa shape index (κ3) is 4.67. The quantitative estimate of drug-likeness (QED) is 0.835. The van der Waals surface area contributed by atoms with Gasteiger partial charge in [-0.25, -0.2) is 4.39 Å². The SMILES string of the molecule is COCc1ccc(C(=O)N2CCCN(Cc3ccc(F)cc3)CC2)o1. The average Bonchev–Trinajstić information content (AvgIpc) is 2.95. The topological polar surface area (TPSA) is 45.9 Å². The van der Waals surface area contributed by atoms with E-state index < -0.39 is 0 Å². The Morgan fingerprint density at radius 2 is 1.92 bits per heavy atom. The molecule has 0 saturated carbocycles. The number of nitrogens with zero attached hydrogens (tertiary/aromatic N) is 2. The molecule has 0 atom stereocenters. The van der Waals surface area contributed by atoms with Gasteiger partial charge in [0.2, 0.25) is 0 Å².